The molecular formula is C19H12IrN-. The molecule has 0 unspecified atom stereocenters. The molecule has 4 aromatic rings. The van der Waals surface area contributed by atoms with E-state index in [0.29, 0.717) is 0 Å². The van der Waals surface area contributed by atoms with E-state index < -0.39 is 0 Å². The van der Waals surface area contributed by atoms with Gasteiger partial charge in [-0.05, 0) is 11.5 Å². The van der Waals surface area contributed by atoms with Crippen LogP contribution in [0.4, 0.5) is 0 Å². The Balaban J connectivity index is 0.00000132. The monoisotopic (exact) mass is 447 g/mol. The molecule has 0 aliphatic carbocycles. The first-order chi connectivity index (χ1) is 9.90. The maximum absolute atomic E-state index is 4.72. The van der Waals surface area contributed by atoms with Crippen LogP contribution >= 0.6 is 0 Å². The molecule has 0 bridgehead atoms. The first-order valence-corrected chi connectivity index (χ1v) is 6.67. The molecule has 0 N–H and O–H groups in total. The average Bonchev–Trinajstić information content (AvgIpc) is 2.54. The van der Waals surface area contributed by atoms with Crippen molar-refractivity contribution in [1.29, 1.82) is 0 Å². The summed E-state index contributed by atoms with van der Waals surface area (Å²) in [5, 5.41) is 3.49. The van der Waals surface area contributed by atoms with Crippen molar-refractivity contribution in [1.82, 2.24) is 4.98 Å². The van der Waals surface area contributed by atoms with E-state index in [1.807, 2.05) is 30.3 Å². The summed E-state index contributed by atoms with van der Waals surface area (Å²) in [4.78, 5) is 4.72. The SMILES string of the molecule is [Ir].[c-]1c(-c2ccc3ccccc3n2)ccc2ccccc12. The van der Waals surface area contributed by atoms with Crippen LogP contribution in [0.1, 0.15) is 0 Å². The zero-order chi connectivity index (χ0) is 13.4. The topological polar surface area (TPSA) is 12.9 Å². The van der Waals surface area contributed by atoms with Crippen molar-refractivity contribution < 1.29 is 20.1 Å². The van der Waals surface area contributed by atoms with E-state index in [2.05, 4.69) is 48.5 Å². The minimum atomic E-state index is 0. The summed E-state index contributed by atoms with van der Waals surface area (Å²) in [6, 6.07) is 28.3. The largest absolute Gasteiger partial charge is 0.287 e. The predicted molar refractivity (Wildman–Crippen MR) is 83.5 cm³/mol. The molecule has 0 amide bonds. The molecule has 21 heavy (non-hydrogen) atoms. The number of benzene rings is 3. The maximum Gasteiger partial charge on any atom is 0.0617 e. The summed E-state index contributed by atoms with van der Waals surface area (Å²) in [6.45, 7) is 0. The van der Waals surface area contributed by atoms with Gasteiger partial charge in [-0.2, -0.15) is 0 Å². The smallest absolute Gasteiger partial charge is 0.0617 e. The van der Waals surface area contributed by atoms with Gasteiger partial charge in [-0.3, -0.25) is 4.98 Å². The predicted octanol–water partition coefficient (Wildman–Crippen LogP) is 4.85. The van der Waals surface area contributed by atoms with Crippen molar-refractivity contribution in [3.63, 3.8) is 0 Å². The Morgan fingerprint density at radius 1 is 0.667 bits per heavy atom. The number of fused-ring (bicyclic) bond motifs is 2. The molecular weight excluding hydrogens is 434 g/mol. The third kappa shape index (κ3) is 2.61. The number of hydrogen-bond acceptors (Lipinski definition) is 1. The molecule has 3 aromatic carbocycles. The molecule has 1 nitrogen and oxygen atoms in total. The molecule has 0 fully saturated rings. The van der Waals surface area contributed by atoms with Gasteiger partial charge in [0.05, 0.1) is 5.52 Å². The molecule has 0 aliphatic rings. The van der Waals surface area contributed by atoms with Crippen LogP contribution in [-0.2, 0) is 20.1 Å². The fourth-order valence-electron chi connectivity index (χ4n) is 2.48. The minimum absolute atomic E-state index is 0. The van der Waals surface area contributed by atoms with Crippen LogP contribution in [-0.4, -0.2) is 4.98 Å². The molecule has 0 saturated heterocycles. The number of rotatable bonds is 1. The van der Waals surface area contributed by atoms with E-state index in [1.54, 1.807) is 0 Å². The Labute approximate surface area is 137 Å². The first kappa shape index (κ1) is 13.9. The van der Waals surface area contributed by atoms with Crippen LogP contribution in [0.15, 0.2) is 72.8 Å². The third-order valence-electron chi connectivity index (χ3n) is 3.53. The number of nitrogens with zero attached hydrogens (tertiary/aromatic N) is 1. The summed E-state index contributed by atoms with van der Waals surface area (Å²) in [5.41, 5.74) is 3.02. The summed E-state index contributed by atoms with van der Waals surface area (Å²) in [6.07, 6.45) is 0. The molecule has 1 heterocycles. The van der Waals surface area contributed by atoms with Crippen molar-refractivity contribution in [2.24, 2.45) is 0 Å². The molecule has 0 saturated carbocycles. The van der Waals surface area contributed by atoms with Gasteiger partial charge in [-0.25, -0.2) is 0 Å². The number of aromatic nitrogens is 1. The van der Waals surface area contributed by atoms with Gasteiger partial charge < -0.3 is 0 Å². The van der Waals surface area contributed by atoms with E-state index in [9.17, 15) is 0 Å². The summed E-state index contributed by atoms with van der Waals surface area (Å²) in [5.74, 6) is 0. The van der Waals surface area contributed by atoms with Crippen molar-refractivity contribution in [2.75, 3.05) is 0 Å². The van der Waals surface area contributed by atoms with E-state index in [-0.39, 0.29) is 20.1 Å². The van der Waals surface area contributed by atoms with Gasteiger partial charge in [0, 0.05) is 25.8 Å². The van der Waals surface area contributed by atoms with Gasteiger partial charge in [0.1, 0.15) is 0 Å². The van der Waals surface area contributed by atoms with E-state index >= 15 is 0 Å². The zero-order valence-electron chi connectivity index (χ0n) is 11.2. The maximum atomic E-state index is 4.72. The van der Waals surface area contributed by atoms with Gasteiger partial charge in [-0.1, -0.05) is 59.5 Å². The van der Waals surface area contributed by atoms with Crippen molar-refractivity contribution in [3.8, 4) is 11.3 Å². The minimum Gasteiger partial charge on any atom is -0.287 e. The normalized spacial score (nSPS) is 10.5. The van der Waals surface area contributed by atoms with Crippen LogP contribution in [0.2, 0.25) is 0 Å². The molecule has 2 heteroatoms. The summed E-state index contributed by atoms with van der Waals surface area (Å²) < 4.78 is 0. The third-order valence-corrected chi connectivity index (χ3v) is 3.53. The fourth-order valence-corrected chi connectivity index (χ4v) is 2.48. The van der Waals surface area contributed by atoms with Crippen LogP contribution in [0, 0.1) is 6.07 Å². The molecule has 0 spiro atoms. The first-order valence-electron chi connectivity index (χ1n) is 6.67. The molecule has 1 aromatic heterocycles. The second-order valence-electron chi connectivity index (χ2n) is 4.85. The average molecular weight is 447 g/mol. The number of hydrogen-bond donors (Lipinski definition) is 0. The van der Waals surface area contributed by atoms with E-state index in [1.165, 1.54) is 5.39 Å². The van der Waals surface area contributed by atoms with Crippen LogP contribution in [0.25, 0.3) is 32.9 Å². The number of para-hydroxylation sites is 1. The molecule has 0 aliphatic heterocycles. The Hall–Kier alpha value is -2.02. The summed E-state index contributed by atoms with van der Waals surface area (Å²) in [7, 11) is 0. The van der Waals surface area contributed by atoms with Crippen molar-refractivity contribution in [3.05, 3.63) is 78.9 Å². The van der Waals surface area contributed by atoms with Gasteiger partial charge in [-0.15, -0.1) is 29.7 Å². The van der Waals surface area contributed by atoms with Crippen LogP contribution in [0.3, 0.4) is 0 Å². The van der Waals surface area contributed by atoms with Gasteiger partial charge >= 0.3 is 0 Å². The molecule has 4 rings (SSSR count). The second kappa shape index (κ2) is 5.77. The Morgan fingerprint density at radius 2 is 1.38 bits per heavy atom. The molecule has 103 valence electrons. The molecule has 1 radical (unpaired) electrons. The number of pyridine rings is 1. The van der Waals surface area contributed by atoms with Crippen LogP contribution in [0.5, 0.6) is 0 Å². The van der Waals surface area contributed by atoms with Crippen LogP contribution < -0.4 is 0 Å². The van der Waals surface area contributed by atoms with Crippen molar-refractivity contribution in [2.45, 2.75) is 0 Å². The Morgan fingerprint density at radius 3 is 2.29 bits per heavy atom. The van der Waals surface area contributed by atoms with E-state index in [0.717, 1.165) is 27.5 Å². The van der Waals surface area contributed by atoms with E-state index in [4.69, 9.17) is 4.98 Å². The summed E-state index contributed by atoms with van der Waals surface area (Å²) >= 11 is 0. The molecule has 0 atom stereocenters. The standard InChI is InChI=1S/C19H12N.Ir/c1-2-7-16-13-17(10-9-14(16)5-1)19-12-11-15-6-3-4-8-18(15)20-19;/h1-12H;/q-1;. The second-order valence-corrected chi connectivity index (χ2v) is 4.85. The van der Waals surface area contributed by atoms with Gasteiger partial charge in [0.2, 0.25) is 0 Å². The quantitative estimate of drug-likeness (QED) is 0.381. The Bertz CT molecular complexity index is 838. The van der Waals surface area contributed by atoms with Gasteiger partial charge in [0.15, 0.2) is 0 Å². The Kier molecular flexibility index (Phi) is 3.83. The fraction of sp³-hybridized carbons (Fsp3) is 0. The van der Waals surface area contributed by atoms with Gasteiger partial charge in [0.25, 0.3) is 0 Å². The zero-order valence-corrected chi connectivity index (χ0v) is 13.6. The van der Waals surface area contributed by atoms with Crippen molar-refractivity contribution >= 4 is 21.7 Å².